The number of carbonyl (C=O) groups is 1. The lowest BCUT2D eigenvalue weighted by Crippen LogP contribution is -2.10. The van der Waals surface area contributed by atoms with Crippen LogP contribution < -0.4 is 5.32 Å². The summed E-state index contributed by atoms with van der Waals surface area (Å²) in [5.41, 5.74) is 0.629. The van der Waals surface area contributed by atoms with E-state index in [-0.39, 0.29) is 18.1 Å². The van der Waals surface area contributed by atoms with E-state index in [1.807, 2.05) is 13.0 Å². The van der Waals surface area contributed by atoms with Crippen LogP contribution in [-0.2, 0) is 0 Å². The third-order valence-corrected chi connectivity index (χ3v) is 3.65. The number of rotatable bonds is 3. The second-order valence-electron chi connectivity index (χ2n) is 4.33. The minimum absolute atomic E-state index is 0.0526. The fourth-order valence-corrected chi connectivity index (χ4v) is 2.42. The average Bonchev–Trinajstić information content (AvgIpc) is 2.88. The third-order valence-electron chi connectivity index (χ3n) is 2.65. The Bertz CT molecular complexity index is 713. The highest BCUT2D eigenvalue weighted by molar-refractivity contribution is 7.14. The Hall–Kier alpha value is -2.16. The summed E-state index contributed by atoms with van der Waals surface area (Å²) >= 11 is 1.38. The number of halogens is 1. The number of amides is 1. The first-order chi connectivity index (χ1) is 10.1. The number of aryl methyl sites for hydroxylation is 1. The normalized spacial score (nSPS) is 9.86. The van der Waals surface area contributed by atoms with Gasteiger partial charge < -0.3 is 10.4 Å². The fraction of sp³-hybridized carbons (Fsp3) is 0.188. The quantitative estimate of drug-likeness (QED) is 0.856. The first-order valence-corrected chi connectivity index (χ1v) is 7.19. The van der Waals surface area contributed by atoms with Crippen molar-refractivity contribution >= 4 is 22.9 Å². The smallest absolute Gasteiger partial charge is 0.265 e. The van der Waals surface area contributed by atoms with Gasteiger partial charge in [-0.3, -0.25) is 4.79 Å². The lowest BCUT2D eigenvalue weighted by atomic mass is 10.2. The highest BCUT2D eigenvalue weighted by Gasteiger charge is 2.09. The molecule has 0 bridgehead atoms. The summed E-state index contributed by atoms with van der Waals surface area (Å²) in [4.78, 5) is 13.6. The van der Waals surface area contributed by atoms with Gasteiger partial charge in [-0.2, -0.15) is 0 Å². The summed E-state index contributed by atoms with van der Waals surface area (Å²) in [6.07, 6.45) is 0.301. The average molecular weight is 303 g/mol. The maximum absolute atomic E-state index is 13.8. The summed E-state index contributed by atoms with van der Waals surface area (Å²) in [5, 5.41) is 11.3. The zero-order valence-corrected chi connectivity index (χ0v) is 12.3. The predicted molar refractivity (Wildman–Crippen MR) is 82.0 cm³/mol. The van der Waals surface area contributed by atoms with Crippen LogP contribution in [-0.4, -0.2) is 17.6 Å². The topological polar surface area (TPSA) is 49.3 Å². The molecule has 1 aromatic carbocycles. The maximum atomic E-state index is 13.8. The van der Waals surface area contributed by atoms with Crippen molar-refractivity contribution in [3.05, 3.63) is 51.5 Å². The van der Waals surface area contributed by atoms with Crippen molar-refractivity contribution in [2.45, 2.75) is 13.3 Å². The van der Waals surface area contributed by atoms with Gasteiger partial charge in [0.2, 0.25) is 0 Å². The molecule has 5 heteroatoms. The molecular weight excluding hydrogens is 289 g/mol. The van der Waals surface area contributed by atoms with E-state index in [2.05, 4.69) is 17.2 Å². The van der Waals surface area contributed by atoms with Gasteiger partial charge in [-0.15, -0.1) is 11.3 Å². The van der Waals surface area contributed by atoms with Crippen molar-refractivity contribution in [1.82, 2.24) is 0 Å². The Morgan fingerprint density at radius 3 is 2.81 bits per heavy atom. The van der Waals surface area contributed by atoms with Crippen LogP contribution in [0.3, 0.4) is 0 Å². The zero-order chi connectivity index (χ0) is 15.2. The Balaban J connectivity index is 2.10. The van der Waals surface area contributed by atoms with E-state index >= 15 is 0 Å². The first-order valence-electron chi connectivity index (χ1n) is 6.37. The summed E-state index contributed by atoms with van der Waals surface area (Å²) in [6.45, 7) is 1.87. The van der Waals surface area contributed by atoms with E-state index < -0.39 is 5.82 Å². The number of aliphatic hydroxyl groups is 1. The number of thiophene rings is 1. The van der Waals surface area contributed by atoms with Crippen molar-refractivity contribution in [3.8, 4) is 11.8 Å². The number of benzene rings is 1. The Kier molecular flexibility index (Phi) is 5.09. The van der Waals surface area contributed by atoms with Crippen LogP contribution in [0.5, 0.6) is 0 Å². The Morgan fingerprint density at radius 1 is 1.38 bits per heavy atom. The molecule has 0 saturated heterocycles. The predicted octanol–water partition coefficient (Wildman–Crippen LogP) is 3.18. The standard InChI is InChI=1S/C16H14FNO2S/c1-11-5-8-15(21-11)16(20)18-13-7-6-12(14(17)10-13)4-2-3-9-19/h5-8,10,19H,3,9H2,1H3,(H,18,20). The molecule has 0 fully saturated rings. The lowest BCUT2D eigenvalue weighted by molar-refractivity contribution is 0.103. The minimum Gasteiger partial charge on any atom is -0.395 e. The molecule has 2 rings (SSSR count). The van der Waals surface area contributed by atoms with Crippen LogP contribution >= 0.6 is 11.3 Å². The van der Waals surface area contributed by atoms with Crippen molar-refractivity contribution in [2.24, 2.45) is 0 Å². The van der Waals surface area contributed by atoms with E-state index in [4.69, 9.17) is 5.11 Å². The van der Waals surface area contributed by atoms with Gasteiger partial charge in [0.1, 0.15) is 5.82 Å². The molecule has 2 aromatic rings. The molecule has 2 N–H and O–H groups in total. The molecule has 0 unspecified atom stereocenters. The minimum atomic E-state index is -0.499. The van der Waals surface area contributed by atoms with Gasteiger partial charge in [0, 0.05) is 17.0 Å². The van der Waals surface area contributed by atoms with Gasteiger partial charge in [0.25, 0.3) is 5.91 Å². The van der Waals surface area contributed by atoms with Crippen LogP contribution in [0.2, 0.25) is 0 Å². The van der Waals surface area contributed by atoms with Gasteiger partial charge in [-0.05, 0) is 37.3 Å². The first kappa shape index (κ1) is 15.2. The molecule has 0 aliphatic rings. The molecular formula is C16H14FNO2S. The van der Waals surface area contributed by atoms with Crippen molar-refractivity contribution in [1.29, 1.82) is 0 Å². The number of hydrogen-bond acceptors (Lipinski definition) is 3. The molecule has 1 amide bonds. The molecule has 108 valence electrons. The monoisotopic (exact) mass is 303 g/mol. The van der Waals surface area contributed by atoms with Crippen LogP contribution in [0.1, 0.15) is 26.5 Å². The Labute approximate surface area is 126 Å². The summed E-state index contributed by atoms with van der Waals surface area (Å²) in [6, 6.07) is 7.95. The van der Waals surface area contributed by atoms with E-state index in [0.29, 0.717) is 17.0 Å². The van der Waals surface area contributed by atoms with Crippen molar-refractivity contribution in [2.75, 3.05) is 11.9 Å². The van der Waals surface area contributed by atoms with E-state index in [0.717, 1.165) is 4.88 Å². The molecule has 0 atom stereocenters. The van der Waals surface area contributed by atoms with Gasteiger partial charge >= 0.3 is 0 Å². The molecule has 0 aliphatic heterocycles. The molecule has 1 heterocycles. The molecule has 21 heavy (non-hydrogen) atoms. The maximum Gasteiger partial charge on any atom is 0.265 e. The second kappa shape index (κ2) is 7.02. The number of carbonyl (C=O) groups excluding carboxylic acids is 1. The van der Waals surface area contributed by atoms with Gasteiger partial charge in [-0.1, -0.05) is 11.8 Å². The molecule has 3 nitrogen and oxygen atoms in total. The Morgan fingerprint density at radius 2 is 2.19 bits per heavy atom. The van der Waals surface area contributed by atoms with Crippen molar-refractivity contribution < 1.29 is 14.3 Å². The summed E-state index contributed by atoms with van der Waals surface area (Å²) in [5.74, 6) is 4.53. The van der Waals surface area contributed by atoms with Crippen LogP contribution in [0, 0.1) is 24.6 Å². The summed E-state index contributed by atoms with van der Waals surface area (Å²) < 4.78 is 13.8. The third kappa shape index (κ3) is 4.15. The number of aliphatic hydroxyl groups excluding tert-OH is 1. The fourth-order valence-electron chi connectivity index (χ4n) is 1.66. The number of nitrogens with one attached hydrogen (secondary N) is 1. The van der Waals surface area contributed by atoms with Gasteiger partial charge in [0.15, 0.2) is 0 Å². The molecule has 1 aromatic heterocycles. The SMILES string of the molecule is Cc1ccc(C(=O)Nc2ccc(C#CCCO)c(F)c2)s1. The van der Waals surface area contributed by atoms with E-state index in [1.54, 1.807) is 12.1 Å². The lowest BCUT2D eigenvalue weighted by Gasteiger charge is -2.04. The zero-order valence-electron chi connectivity index (χ0n) is 11.4. The number of anilines is 1. The van der Waals surface area contributed by atoms with Gasteiger partial charge in [0.05, 0.1) is 17.0 Å². The molecule has 0 aliphatic carbocycles. The molecule has 0 radical (unpaired) electrons. The van der Waals surface area contributed by atoms with E-state index in [1.165, 1.54) is 23.5 Å². The molecule has 0 spiro atoms. The van der Waals surface area contributed by atoms with Crippen LogP contribution in [0.15, 0.2) is 30.3 Å². The second-order valence-corrected chi connectivity index (χ2v) is 5.62. The summed E-state index contributed by atoms with van der Waals surface area (Å²) in [7, 11) is 0. The molecule has 0 saturated carbocycles. The number of hydrogen-bond donors (Lipinski definition) is 2. The van der Waals surface area contributed by atoms with Gasteiger partial charge in [-0.25, -0.2) is 4.39 Å². The largest absolute Gasteiger partial charge is 0.395 e. The van der Waals surface area contributed by atoms with E-state index in [9.17, 15) is 9.18 Å². The van der Waals surface area contributed by atoms with Crippen LogP contribution in [0.25, 0.3) is 0 Å². The van der Waals surface area contributed by atoms with Crippen molar-refractivity contribution in [3.63, 3.8) is 0 Å². The highest BCUT2D eigenvalue weighted by atomic mass is 32.1. The highest BCUT2D eigenvalue weighted by Crippen LogP contribution is 2.18. The van der Waals surface area contributed by atoms with Crippen LogP contribution in [0.4, 0.5) is 10.1 Å².